The van der Waals surface area contributed by atoms with Gasteiger partial charge in [0.05, 0.1) is 5.60 Å². The van der Waals surface area contributed by atoms with E-state index >= 15 is 0 Å². The van der Waals surface area contributed by atoms with Gasteiger partial charge in [-0.1, -0.05) is 194 Å². The largest absolute Gasteiger partial charge is 0.412 e. The molecule has 0 spiro atoms. The Labute approximate surface area is 395 Å². The van der Waals surface area contributed by atoms with E-state index in [-0.39, 0.29) is 5.60 Å². The molecule has 0 amide bonds. The highest BCUT2D eigenvalue weighted by Crippen LogP contribution is 2.60. The fourth-order valence-electron chi connectivity index (χ4n) is 13.7. The Bertz CT molecular complexity index is 1900. The highest BCUT2D eigenvalue weighted by atomic mass is 31.2. The fourth-order valence-corrected chi connectivity index (χ4v) is 19.4. The molecule has 0 heterocycles. The molecule has 8 atom stereocenters. The van der Waals surface area contributed by atoms with Gasteiger partial charge in [-0.25, -0.2) is 0 Å². The topological polar surface area (TPSA) is 26.3 Å². The molecule has 2 aromatic carbocycles. The van der Waals surface area contributed by atoms with Gasteiger partial charge in [0.1, 0.15) is 7.14 Å². The summed E-state index contributed by atoms with van der Waals surface area (Å²) in [7, 11) is -4.19. The molecule has 4 fully saturated rings. The van der Waals surface area contributed by atoms with E-state index in [4.69, 9.17) is 4.43 Å². The number of hydrogen-bond acceptors (Lipinski definition) is 2. The smallest absolute Gasteiger partial charge is 0.192 e. The molecule has 2 nitrogen and oxygen atoms in total. The van der Waals surface area contributed by atoms with Crippen molar-refractivity contribution in [2.75, 3.05) is 6.16 Å². The monoisotopic (exact) mass is 905 g/mol. The maximum absolute atomic E-state index is 14.1. The van der Waals surface area contributed by atoms with Crippen LogP contribution in [0.2, 0.25) is 18.1 Å². The maximum Gasteiger partial charge on any atom is 0.192 e. The van der Waals surface area contributed by atoms with Crippen molar-refractivity contribution >= 4 is 26.1 Å². The molecule has 354 valence electrons. The molecule has 0 N–H and O–H groups in total. The molecule has 4 heteroatoms. The first-order valence-corrected chi connectivity index (χ1v) is 30.7. The van der Waals surface area contributed by atoms with Gasteiger partial charge in [0.2, 0.25) is 0 Å². The summed E-state index contributed by atoms with van der Waals surface area (Å²) >= 11 is 0. The van der Waals surface area contributed by atoms with Crippen molar-refractivity contribution in [2.45, 2.75) is 191 Å². The molecule has 6 rings (SSSR count). The Balaban J connectivity index is 0.000000258. The summed E-state index contributed by atoms with van der Waals surface area (Å²) in [6, 6.07) is 23.7. The standard InChI is InChI=1S/C36H64OSi.C24H29OP/c1-11-32-28(6)25-30(26-29(32)7)19-20-31-18-16-24-36(10)33(21-22-34(31)36)27(5)17-15-23-35(8,9)37-38(12-2,13-3)14-4;1-4-24-19(2)17-21(18-20(24)3)15-16-26(25,22-11-7-5-8-12-22)23-13-9-6-10-14-23/h11,19-20,27-29,33-34H,12-18,21-26H2,1-10H3;4-15,19-20H,16-18H2,1-3H3/b30-19?,31-20+,32-11?;/t27-,28-,29-,33?,34?,36-;19-,20-/m11/s1. The Morgan fingerprint density at radius 1 is 0.766 bits per heavy atom. The van der Waals surface area contributed by atoms with E-state index in [1.807, 2.05) is 60.7 Å². The Hall–Kier alpha value is -2.45. The third kappa shape index (κ3) is 12.7. The lowest BCUT2D eigenvalue weighted by Gasteiger charge is -2.44. The van der Waals surface area contributed by atoms with E-state index in [1.165, 1.54) is 87.9 Å². The molecule has 2 unspecified atom stereocenters. The lowest BCUT2D eigenvalue weighted by atomic mass is 9.60. The number of rotatable bonds is 15. The predicted molar refractivity (Wildman–Crippen MR) is 285 cm³/mol. The molecular weight excluding hydrogens is 812 g/mol. The molecule has 4 aliphatic rings. The zero-order valence-corrected chi connectivity index (χ0v) is 45.2. The van der Waals surface area contributed by atoms with Gasteiger partial charge in [-0.3, -0.25) is 0 Å². The molecule has 64 heavy (non-hydrogen) atoms. The first-order valence-electron chi connectivity index (χ1n) is 26.3. The van der Waals surface area contributed by atoms with E-state index in [0.717, 1.165) is 41.2 Å². The quantitative estimate of drug-likeness (QED) is 0.101. The molecule has 0 saturated heterocycles. The zero-order valence-electron chi connectivity index (χ0n) is 43.3. The summed E-state index contributed by atoms with van der Waals surface area (Å²) in [5.74, 6) is 5.11. The van der Waals surface area contributed by atoms with E-state index in [2.05, 4.69) is 120 Å². The van der Waals surface area contributed by atoms with Crippen LogP contribution in [0.3, 0.4) is 0 Å². The van der Waals surface area contributed by atoms with Crippen molar-refractivity contribution < 1.29 is 8.99 Å². The molecule has 2 aromatic rings. The van der Waals surface area contributed by atoms with Crippen LogP contribution in [-0.4, -0.2) is 20.1 Å². The molecular formula is C60H93O2PSi. The van der Waals surface area contributed by atoms with E-state index < -0.39 is 15.5 Å². The van der Waals surface area contributed by atoms with Gasteiger partial charge in [-0.05, 0) is 157 Å². The van der Waals surface area contributed by atoms with Gasteiger partial charge in [0.25, 0.3) is 0 Å². The van der Waals surface area contributed by atoms with E-state index in [1.54, 1.807) is 22.3 Å². The summed E-state index contributed by atoms with van der Waals surface area (Å²) in [6.45, 7) is 30.9. The molecule has 4 aliphatic carbocycles. The van der Waals surface area contributed by atoms with Crippen LogP contribution in [0.4, 0.5) is 0 Å². The molecule has 0 aliphatic heterocycles. The minimum absolute atomic E-state index is 0.0339. The van der Waals surface area contributed by atoms with E-state index in [9.17, 15) is 4.57 Å². The van der Waals surface area contributed by atoms with Crippen molar-refractivity contribution in [1.82, 2.24) is 0 Å². The first kappa shape index (κ1) is 52.5. The van der Waals surface area contributed by atoms with Gasteiger partial charge in [-0.15, -0.1) is 0 Å². The van der Waals surface area contributed by atoms with Crippen LogP contribution in [-0.2, 0) is 8.99 Å². The van der Waals surface area contributed by atoms with Crippen LogP contribution >= 0.6 is 7.14 Å². The minimum Gasteiger partial charge on any atom is -0.412 e. The van der Waals surface area contributed by atoms with Crippen LogP contribution in [0.25, 0.3) is 0 Å². The average molecular weight is 905 g/mol. The summed E-state index contributed by atoms with van der Waals surface area (Å²) in [6.07, 6.45) is 28.3. The maximum atomic E-state index is 14.1. The Morgan fingerprint density at radius 2 is 1.27 bits per heavy atom. The summed E-state index contributed by atoms with van der Waals surface area (Å²) in [5.41, 5.74) is 8.71. The van der Waals surface area contributed by atoms with E-state index in [0.29, 0.717) is 35.2 Å². The van der Waals surface area contributed by atoms with Crippen molar-refractivity contribution in [1.29, 1.82) is 0 Å². The number of fused-ring (bicyclic) bond motifs is 1. The predicted octanol–water partition coefficient (Wildman–Crippen LogP) is 17.6. The van der Waals surface area contributed by atoms with Gasteiger partial charge >= 0.3 is 0 Å². The average Bonchev–Trinajstić information content (AvgIpc) is 3.65. The van der Waals surface area contributed by atoms with Crippen LogP contribution in [0.1, 0.15) is 167 Å². The van der Waals surface area contributed by atoms with Crippen molar-refractivity contribution in [2.24, 2.45) is 46.8 Å². The van der Waals surface area contributed by atoms with Crippen LogP contribution < -0.4 is 10.6 Å². The first-order chi connectivity index (χ1) is 30.5. The van der Waals surface area contributed by atoms with Crippen molar-refractivity contribution in [3.63, 3.8) is 0 Å². The summed E-state index contributed by atoms with van der Waals surface area (Å²) in [4.78, 5) is 0. The van der Waals surface area contributed by atoms with Crippen LogP contribution in [0.5, 0.6) is 0 Å². The molecule has 0 radical (unpaired) electrons. The lowest BCUT2D eigenvalue weighted by molar-refractivity contribution is 0.0704. The fraction of sp³-hybridized carbons (Fsp3) is 0.633. The summed E-state index contributed by atoms with van der Waals surface area (Å²) in [5, 5.41) is 1.91. The second-order valence-corrected chi connectivity index (χ2v) is 29.7. The Kier molecular flexibility index (Phi) is 19.3. The van der Waals surface area contributed by atoms with Crippen molar-refractivity contribution in [3.05, 3.63) is 119 Å². The van der Waals surface area contributed by atoms with Gasteiger partial charge in [0.15, 0.2) is 8.32 Å². The third-order valence-corrected chi connectivity index (χ3v) is 25.1. The molecule has 0 aromatic heterocycles. The lowest BCUT2D eigenvalue weighted by Crippen LogP contribution is -2.44. The highest BCUT2D eigenvalue weighted by Gasteiger charge is 2.50. The SMILES string of the molecule is CC=C1[C@H](C)CC(=C/C=C2\CCC[C@@]3(C)C2CCC3[C@H](C)CCCC(C)(C)O[Si](CC)(CC)CC)C[C@H]1C.CC=C1[C@H](C)CC(=CCP(=O)(c2ccccc2)c2ccccc2)C[C@H]1C. The second-order valence-electron chi connectivity index (χ2n) is 22.1. The molecule has 4 saturated carbocycles. The third-order valence-electron chi connectivity index (χ3n) is 17.3. The number of hydrogen-bond donors (Lipinski definition) is 0. The van der Waals surface area contributed by atoms with Crippen LogP contribution in [0, 0.1) is 46.8 Å². The molecule has 0 bridgehead atoms. The number of allylic oxidation sites excluding steroid dienone is 10. The van der Waals surface area contributed by atoms with Crippen molar-refractivity contribution in [3.8, 4) is 0 Å². The normalized spacial score (nSPS) is 27.7. The summed E-state index contributed by atoms with van der Waals surface area (Å²) < 4.78 is 21.0. The Morgan fingerprint density at radius 3 is 1.75 bits per heavy atom. The van der Waals surface area contributed by atoms with Crippen LogP contribution in [0.15, 0.2) is 119 Å². The highest BCUT2D eigenvalue weighted by molar-refractivity contribution is 7.78. The van der Waals surface area contributed by atoms with Gasteiger partial charge in [-0.2, -0.15) is 0 Å². The number of benzene rings is 2. The van der Waals surface area contributed by atoms with Gasteiger partial charge < -0.3 is 8.99 Å². The minimum atomic E-state index is -2.64. The second kappa shape index (κ2) is 23.5. The zero-order chi connectivity index (χ0) is 46.7. The van der Waals surface area contributed by atoms with Gasteiger partial charge in [0, 0.05) is 16.8 Å².